The highest BCUT2D eigenvalue weighted by Crippen LogP contribution is 2.54. The van der Waals surface area contributed by atoms with Crippen molar-refractivity contribution in [3.63, 3.8) is 0 Å². The van der Waals surface area contributed by atoms with Crippen molar-refractivity contribution in [3.8, 4) is 46.0 Å². The first-order chi connectivity index (χ1) is 46.9. The summed E-state index contributed by atoms with van der Waals surface area (Å²) in [4.78, 5) is 6.48. The molecule has 472 valence electrons. The van der Waals surface area contributed by atoms with E-state index in [0.717, 1.165) is 125 Å². The van der Waals surface area contributed by atoms with Crippen LogP contribution in [0.3, 0.4) is 0 Å². The van der Waals surface area contributed by atoms with Crippen molar-refractivity contribution in [1.82, 2.24) is 0 Å². The Labute approximate surface area is 584 Å². The van der Waals surface area contributed by atoms with E-state index < -0.39 is 0 Å². The summed E-state index contributed by atoms with van der Waals surface area (Å²) in [5, 5.41) is 98.9. The summed E-state index contributed by atoms with van der Waals surface area (Å²) >= 11 is 0. The van der Waals surface area contributed by atoms with Crippen LogP contribution >= 0.6 is 86.4 Å². The minimum Gasteiger partial charge on any atom is -0.507 e. The average Bonchev–Trinajstić information content (AvgIpc) is 1.13. The first-order valence-electron chi connectivity index (χ1n) is 30.0. The van der Waals surface area contributed by atoms with Gasteiger partial charge in [-0.15, -0.1) is 0 Å². The fourth-order valence-corrected chi connectivity index (χ4v) is 21.2. The molecule has 0 aromatic heterocycles. The molecule has 96 heavy (non-hydrogen) atoms. The Morgan fingerprint density at radius 3 is 0.344 bits per heavy atom. The number of aromatic hydroxyl groups is 8. The van der Waals surface area contributed by atoms with Crippen molar-refractivity contribution in [3.05, 3.63) is 291 Å². The molecule has 8 N–H and O–H groups in total. The number of hydrogen-bond acceptors (Lipinski definition) is 16. The van der Waals surface area contributed by atoms with Gasteiger partial charge in [0.25, 0.3) is 0 Å². The van der Waals surface area contributed by atoms with Gasteiger partial charge in [-0.25, -0.2) is 0 Å². The highest BCUT2D eigenvalue weighted by molar-refractivity contribution is 8.77. The summed E-state index contributed by atoms with van der Waals surface area (Å²) in [6.07, 6.45) is 0. The zero-order valence-corrected chi connectivity index (χ0v) is 57.1. The highest BCUT2D eigenvalue weighted by Gasteiger charge is 2.18. The van der Waals surface area contributed by atoms with E-state index in [1.54, 1.807) is 48.5 Å². The molecule has 0 radical (unpaired) electrons. The van der Waals surface area contributed by atoms with Gasteiger partial charge < -0.3 is 40.9 Å². The van der Waals surface area contributed by atoms with Crippen molar-refractivity contribution in [2.75, 3.05) is 0 Å². The maximum absolute atomic E-state index is 10.3. The first-order valence-corrected chi connectivity index (χ1v) is 38.6. The Hall–Kier alpha value is -9.20. The van der Waals surface area contributed by atoms with Crippen LogP contribution in [0.15, 0.2) is 330 Å². The predicted molar refractivity (Wildman–Crippen MR) is 412 cm³/mol. The SMILES string of the molecule is Oc1ccc2ccccc2c1SSc1c(O)ccc2ccccc12.Oc1ccc2ccccc2c1SSc1c(O)ccc2ccccc12.Oc1ccc2ccccc2c1SSc1c(O)ccc2ccccc12.Oc1ccc2ccccc2c1SSc1c(O)ccc2ccccc12. The van der Waals surface area contributed by atoms with Gasteiger partial charge in [0.05, 0.1) is 39.2 Å². The molecular formula is C80H56O8S8. The lowest BCUT2D eigenvalue weighted by Crippen LogP contribution is -1.80. The van der Waals surface area contributed by atoms with E-state index in [1.807, 2.05) is 243 Å². The van der Waals surface area contributed by atoms with E-state index in [9.17, 15) is 40.9 Å². The summed E-state index contributed by atoms with van der Waals surface area (Å²) in [6, 6.07) is 92.8. The summed E-state index contributed by atoms with van der Waals surface area (Å²) in [5.41, 5.74) is 0. The topological polar surface area (TPSA) is 162 Å². The number of fused-ring (bicyclic) bond motifs is 8. The van der Waals surface area contributed by atoms with Crippen LogP contribution in [0.1, 0.15) is 0 Å². The van der Waals surface area contributed by atoms with E-state index >= 15 is 0 Å². The summed E-state index contributed by atoms with van der Waals surface area (Å²) in [5.74, 6) is 2.04. The second-order valence-corrected chi connectivity index (χ2v) is 30.3. The third kappa shape index (κ3) is 14.5. The minimum atomic E-state index is 0.255. The van der Waals surface area contributed by atoms with Gasteiger partial charge >= 0.3 is 0 Å². The number of phenols is 8. The molecule has 16 heteroatoms. The third-order valence-corrected chi connectivity index (χ3v) is 25.8. The summed E-state index contributed by atoms with van der Waals surface area (Å²) < 4.78 is 0. The van der Waals surface area contributed by atoms with Crippen LogP contribution in [0.4, 0.5) is 0 Å². The molecule has 0 atom stereocenters. The fraction of sp³-hybridized carbons (Fsp3) is 0. The number of phenolic OH excluding ortho intramolecular Hbond substituents is 8. The molecule has 0 unspecified atom stereocenters. The van der Waals surface area contributed by atoms with E-state index in [4.69, 9.17) is 0 Å². The molecule has 0 heterocycles. The van der Waals surface area contributed by atoms with E-state index in [0.29, 0.717) is 0 Å². The molecule has 0 saturated heterocycles. The lowest BCUT2D eigenvalue weighted by atomic mass is 10.1. The van der Waals surface area contributed by atoms with Gasteiger partial charge in [0.1, 0.15) is 46.0 Å². The van der Waals surface area contributed by atoms with Gasteiger partial charge in [-0.3, -0.25) is 0 Å². The Bertz CT molecular complexity index is 4520. The van der Waals surface area contributed by atoms with Crippen molar-refractivity contribution in [2.24, 2.45) is 0 Å². The molecule has 0 amide bonds. The Morgan fingerprint density at radius 2 is 0.229 bits per heavy atom. The van der Waals surface area contributed by atoms with Gasteiger partial charge in [0, 0.05) is 0 Å². The van der Waals surface area contributed by atoms with Crippen molar-refractivity contribution < 1.29 is 40.9 Å². The van der Waals surface area contributed by atoms with Crippen molar-refractivity contribution >= 4 is 173 Å². The fourth-order valence-electron chi connectivity index (χ4n) is 10.9. The smallest absolute Gasteiger partial charge is 0.130 e. The number of rotatable bonds is 12. The molecule has 0 spiro atoms. The van der Waals surface area contributed by atoms with Crippen LogP contribution in [-0.4, -0.2) is 40.9 Å². The van der Waals surface area contributed by atoms with Gasteiger partial charge in [-0.2, -0.15) is 0 Å². The highest BCUT2D eigenvalue weighted by atomic mass is 33.1. The van der Waals surface area contributed by atoms with Gasteiger partial charge in [-0.1, -0.05) is 243 Å². The third-order valence-electron chi connectivity index (χ3n) is 15.7. The quantitative estimate of drug-likeness (QED) is 0.0545. The second-order valence-electron chi connectivity index (χ2n) is 21.7. The first kappa shape index (κ1) is 65.5. The molecule has 8 nitrogen and oxygen atoms in total. The van der Waals surface area contributed by atoms with Gasteiger partial charge in [0.2, 0.25) is 0 Å². The summed E-state index contributed by atoms with van der Waals surface area (Å²) in [6.45, 7) is 0. The molecule has 16 aromatic rings. The molecule has 0 saturated carbocycles. The monoisotopic (exact) mass is 1400 g/mol. The van der Waals surface area contributed by atoms with Gasteiger partial charge in [0.15, 0.2) is 0 Å². The maximum atomic E-state index is 10.3. The van der Waals surface area contributed by atoms with Crippen LogP contribution in [0.25, 0.3) is 86.2 Å². The lowest BCUT2D eigenvalue weighted by molar-refractivity contribution is 0.463. The maximum Gasteiger partial charge on any atom is 0.130 e. The van der Waals surface area contributed by atoms with Gasteiger partial charge in [-0.05, 0) is 221 Å². The normalized spacial score (nSPS) is 11.2. The standard InChI is InChI=1S/4C20H14O2S2/c4*21-17-11-9-13-5-1-3-7-15(13)19(17)23-24-20-16-8-4-2-6-14(16)10-12-18(20)22/h4*1-12,21-22H. The lowest BCUT2D eigenvalue weighted by Gasteiger charge is -2.11. The van der Waals surface area contributed by atoms with Crippen molar-refractivity contribution in [2.45, 2.75) is 39.2 Å². The molecule has 0 bridgehead atoms. The van der Waals surface area contributed by atoms with Crippen LogP contribution < -0.4 is 0 Å². The van der Waals surface area contributed by atoms with E-state index in [-0.39, 0.29) is 46.0 Å². The molecule has 0 aliphatic carbocycles. The van der Waals surface area contributed by atoms with Crippen LogP contribution in [0.5, 0.6) is 46.0 Å². The van der Waals surface area contributed by atoms with E-state index in [1.165, 1.54) is 86.4 Å². The van der Waals surface area contributed by atoms with Crippen LogP contribution in [-0.2, 0) is 0 Å². The minimum absolute atomic E-state index is 0.255. The number of benzene rings is 16. The Morgan fingerprint density at radius 1 is 0.125 bits per heavy atom. The molecule has 0 fully saturated rings. The Balaban J connectivity index is 0.000000116. The second kappa shape index (κ2) is 30.3. The average molecular weight is 1400 g/mol. The zero-order valence-electron chi connectivity index (χ0n) is 50.6. The Kier molecular flexibility index (Phi) is 20.6. The largest absolute Gasteiger partial charge is 0.507 e. The van der Waals surface area contributed by atoms with Crippen LogP contribution in [0.2, 0.25) is 0 Å². The molecule has 16 rings (SSSR count). The molecule has 0 aliphatic heterocycles. The molecule has 16 aromatic carbocycles. The zero-order chi connectivity index (χ0) is 66.1. The predicted octanol–water partition coefficient (Wildman–Crippen LogP) is 24.8. The summed E-state index contributed by atoms with van der Waals surface area (Å²) in [7, 11) is 11.7. The van der Waals surface area contributed by atoms with E-state index in [2.05, 4.69) is 0 Å². The molecular weight excluding hydrogens is 1350 g/mol. The van der Waals surface area contributed by atoms with Crippen LogP contribution in [0, 0.1) is 0 Å². The molecule has 0 aliphatic rings. The number of hydrogen-bond donors (Lipinski definition) is 8. The van der Waals surface area contributed by atoms with Crippen molar-refractivity contribution in [1.29, 1.82) is 0 Å².